The summed E-state index contributed by atoms with van der Waals surface area (Å²) < 4.78 is 26.9. The molecule has 1 aromatic carbocycles. The Morgan fingerprint density at radius 3 is 2.47 bits per heavy atom. The van der Waals surface area contributed by atoms with Crippen LogP contribution in [0.3, 0.4) is 0 Å². The third kappa shape index (κ3) is 4.45. The summed E-state index contributed by atoms with van der Waals surface area (Å²) in [5.74, 6) is 1.63. The van der Waals surface area contributed by atoms with Crippen LogP contribution in [0.1, 0.15) is 35.7 Å². The number of pyridine rings is 1. The molecule has 1 aliphatic heterocycles. The normalized spacial score (nSPS) is 20.5. The number of carbonyl (C=O) groups is 1. The lowest BCUT2D eigenvalue weighted by atomic mass is 9.95. The standard InChI is InChI=1S/C28H29FN6O3/c1-15-12-31-26(37-15)22-11-23(34(4)33-22)27(36)35-13-19-20(14-35)25(19)38-24-10-17(28(2,3)30)9-21(32-24)16-5-7-18(29)8-6-16/h5-12,19-20,25H,13-14,30H2,1-4H3/t19-,20+,25?. The quantitative estimate of drug-likeness (QED) is 0.413. The van der Waals surface area contributed by atoms with Crippen LogP contribution in [0, 0.1) is 24.6 Å². The number of piperidine rings is 1. The third-order valence-electron chi connectivity index (χ3n) is 7.28. The van der Waals surface area contributed by atoms with E-state index in [2.05, 4.69) is 10.1 Å². The Labute approximate surface area is 219 Å². The van der Waals surface area contributed by atoms with Crippen molar-refractivity contribution in [2.45, 2.75) is 32.4 Å². The number of benzene rings is 1. The summed E-state index contributed by atoms with van der Waals surface area (Å²) in [6.45, 7) is 6.85. The SMILES string of the molecule is Cc1cnc(-c2cc(C(=O)N3C[C@@H]4C(Oc5cc(C(C)(C)N)cc(-c6ccc(F)cc6)n5)[C@@H]4C3)n(C)n2)o1. The second kappa shape index (κ2) is 8.76. The second-order valence-electron chi connectivity index (χ2n) is 10.7. The number of likely N-dealkylation sites (tertiary alicyclic amines) is 1. The van der Waals surface area contributed by atoms with E-state index in [0.717, 1.165) is 11.1 Å². The molecule has 196 valence electrons. The number of nitrogens with zero attached hydrogens (tertiary/aromatic N) is 5. The first kappa shape index (κ1) is 24.3. The molecule has 3 atom stereocenters. The van der Waals surface area contributed by atoms with E-state index in [1.165, 1.54) is 12.1 Å². The van der Waals surface area contributed by atoms with Gasteiger partial charge < -0.3 is 19.8 Å². The summed E-state index contributed by atoms with van der Waals surface area (Å²) in [4.78, 5) is 24.0. The molecule has 10 heteroatoms. The molecule has 2 N–H and O–H groups in total. The lowest BCUT2D eigenvalue weighted by Crippen LogP contribution is -2.34. The molecule has 4 heterocycles. The van der Waals surface area contributed by atoms with Gasteiger partial charge in [-0.3, -0.25) is 9.48 Å². The highest BCUT2D eigenvalue weighted by molar-refractivity contribution is 5.93. The van der Waals surface area contributed by atoms with Crippen molar-refractivity contribution in [3.8, 4) is 28.7 Å². The summed E-state index contributed by atoms with van der Waals surface area (Å²) in [5, 5.41) is 4.40. The maximum Gasteiger partial charge on any atom is 0.272 e. The minimum atomic E-state index is -0.607. The highest BCUT2D eigenvalue weighted by Gasteiger charge is 2.59. The molecule has 6 rings (SSSR count). The molecule has 2 fully saturated rings. The number of rotatable bonds is 6. The first-order valence-electron chi connectivity index (χ1n) is 12.6. The number of aryl methyl sites for hydroxylation is 2. The number of aromatic nitrogens is 4. The van der Waals surface area contributed by atoms with E-state index >= 15 is 0 Å². The Hall–Kier alpha value is -4.05. The Morgan fingerprint density at radius 1 is 1.13 bits per heavy atom. The van der Waals surface area contributed by atoms with Gasteiger partial charge in [-0.1, -0.05) is 0 Å². The van der Waals surface area contributed by atoms with E-state index < -0.39 is 5.54 Å². The fourth-order valence-electron chi connectivity index (χ4n) is 5.07. The predicted molar refractivity (Wildman–Crippen MR) is 138 cm³/mol. The third-order valence-corrected chi connectivity index (χ3v) is 7.28. The topological polar surface area (TPSA) is 112 Å². The number of ether oxygens (including phenoxy) is 1. The van der Waals surface area contributed by atoms with E-state index in [1.807, 2.05) is 37.8 Å². The molecule has 1 saturated carbocycles. The molecule has 1 aliphatic carbocycles. The van der Waals surface area contributed by atoms with Gasteiger partial charge in [0.05, 0.1) is 11.9 Å². The van der Waals surface area contributed by atoms with Crippen molar-refractivity contribution in [1.29, 1.82) is 0 Å². The van der Waals surface area contributed by atoms with Gasteiger partial charge in [0, 0.05) is 55.2 Å². The number of hydrogen-bond acceptors (Lipinski definition) is 7. The largest absolute Gasteiger partial charge is 0.474 e. The maximum absolute atomic E-state index is 13.5. The highest BCUT2D eigenvalue weighted by atomic mass is 19.1. The van der Waals surface area contributed by atoms with Crippen LogP contribution in [0.4, 0.5) is 4.39 Å². The van der Waals surface area contributed by atoms with Crippen LogP contribution in [0.2, 0.25) is 0 Å². The number of carbonyl (C=O) groups excluding carboxylic acids is 1. The van der Waals surface area contributed by atoms with Crippen molar-refractivity contribution in [3.05, 3.63) is 71.5 Å². The zero-order valence-electron chi connectivity index (χ0n) is 21.7. The zero-order valence-corrected chi connectivity index (χ0v) is 21.7. The van der Waals surface area contributed by atoms with Crippen molar-refractivity contribution in [3.63, 3.8) is 0 Å². The molecule has 4 aromatic rings. The molecule has 3 aromatic heterocycles. The molecule has 9 nitrogen and oxygen atoms in total. The van der Waals surface area contributed by atoms with Crippen LogP contribution in [-0.2, 0) is 12.6 Å². The van der Waals surface area contributed by atoms with E-state index in [9.17, 15) is 9.18 Å². The average Bonchev–Trinajstić information content (AvgIpc) is 3.31. The molecule has 1 unspecified atom stereocenters. The summed E-state index contributed by atoms with van der Waals surface area (Å²) in [7, 11) is 1.74. The van der Waals surface area contributed by atoms with Gasteiger partial charge in [0.25, 0.3) is 5.91 Å². The van der Waals surface area contributed by atoms with Crippen LogP contribution in [0.5, 0.6) is 5.88 Å². The molecule has 0 bridgehead atoms. The van der Waals surface area contributed by atoms with E-state index in [0.29, 0.717) is 47.7 Å². The van der Waals surface area contributed by atoms with Gasteiger partial charge in [-0.25, -0.2) is 14.4 Å². The van der Waals surface area contributed by atoms with Crippen LogP contribution in [0.15, 0.2) is 53.1 Å². The summed E-state index contributed by atoms with van der Waals surface area (Å²) in [6, 6.07) is 11.7. The van der Waals surface area contributed by atoms with Crippen LogP contribution in [-0.4, -0.2) is 49.7 Å². The van der Waals surface area contributed by atoms with Crippen molar-refractivity contribution in [1.82, 2.24) is 24.6 Å². The van der Waals surface area contributed by atoms with Crippen molar-refractivity contribution in [2.75, 3.05) is 13.1 Å². The summed E-state index contributed by atoms with van der Waals surface area (Å²) in [6.07, 6.45) is 1.60. The molecular formula is C28H29FN6O3. The van der Waals surface area contributed by atoms with Gasteiger partial charge in [-0.15, -0.1) is 0 Å². The molecule has 1 saturated heterocycles. The minimum absolute atomic E-state index is 0.0267. The van der Waals surface area contributed by atoms with Crippen LogP contribution >= 0.6 is 0 Å². The fraction of sp³-hybridized carbons (Fsp3) is 0.357. The lowest BCUT2D eigenvalue weighted by molar-refractivity contribution is 0.0740. The Kier molecular flexibility index (Phi) is 5.60. The first-order chi connectivity index (χ1) is 18.1. The number of halogens is 1. The molecule has 38 heavy (non-hydrogen) atoms. The number of fused-ring (bicyclic) bond motifs is 1. The van der Waals surface area contributed by atoms with Crippen LogP contribution < -0.4 is 10.5 Å². The highest BCUT2D eigenvalue weighted by Crippen LogP contribution is 2.48. The van der Waals surface area contributed by atoms with Crippen LogP contribution in [0.25, 0.3) is 22.8 Å². The predicted octanol–water partition coefficient (Wildman–Crippen LogP) is 3.93. The maximum atomic E-state index is 13.5. The molecule has 0 spiro atoms. The molecule has 0 radical (unpaired) electrons. The zero-order chi connectivity index (χ0) is 26.8. The minimum Gasteiger partial charge on any atom is -0.474 e. The fourth-order valence-corrected chi connectivity index (χ4v) is 5.07. The number of amides is 1. The Bertz CT molecular complexity index is 1510. The second-order valence-corrected chi connectivity index (χ2v) is 10.7. The average molecular weight is 517 g/mol. The van der Waals surface area contributed by atoms with Gasteiger partial charge in [0.15, 0.2) is 0 Å². The lowest BCUT2D eigenvalue weighted by Gasteiger charge is -2.22. The Morgan fingerprint density at radius 2 is 1.84 bits per heavy atom. The summed E-state index contributed by atoms with van der Waals surface area (Å²) in [5.41, 5.74) is 9.12. The number of nitrogens with two attached hydrogens (primary N) is 1. The molecular weight excluding hydrogens is 487 g/mol. The monoisotopic (exact) mass is 516 g/mol. The van der Waals surface area contributed by atoms with Gasteiger partial charge in [0.1, 0.15) is 29.1 Å². The number of oxazole rings is 1. The van der Waals surface area contributed by atoms with Crippen molar-refractivity contribution in [2.24, 2.45) is 24.6 Å². The Balaban J connectivity index is 1.16. The van der Waals surface area contributed by atoms with Gasteiger partial charge in [-0.05, 0) is 56.7 Å². The van der Waals surface area contributed by atoms with Gasteiger partial charge >= 0.3 is 0 Å². The first-order valence-corrected chi connectivity index (χ1v) is 12.6. The van der Waals surface area contributed by atoms with Gasteiger partial charge in [0.2, 0.25) is 11.8 Å². The molecule has 1 amide bonds. The van der Waals surface area contributed by atoms with E-state index in [-0.39, 0.29) is 29.7 Å². The van der Waals surface area contributed by atoms with Crippen molar-refractivity contribution < 1.29 is 18.3 Å². The molecule has 2 aliphatic rings. The smallest absolute Gasteiger partial charge is 0.272 e. The van der Waals surface area contributed by atoms with Gasteiger partial charge in [-0.2, -0.15) is 5.10 Å². The van der Waals surface area contributed by atoms with Crippen molar-refractivity contribution >= 4 is 5.91 Å². The summed E-state index contributed by atoms with van der Waals surface area (Å²) >= 11 is 0. The van der Waals surface area contributed by atoms with E-state index in [1.54, 1.807) is 36.1 Å². The number of hydrogen-bond donors (Lipinski definition) is 1. The van der Waals surface area contributed by atoms with E-state index in [4.69, 9.17) is 19.9 Å².